The quantitative estimate of drug-likeness (QED) is 0.543. The summed E-state index contributed by atoms with van der Waals surface area (Å²) in [5.41, 5.74) is 2.04. The Labute approximate surface area is 170 Å². The van der Waals surface area contributed by atoms with Crippen LogP contribution in [0.15, 0.2) is 42.5 Å². The van der Waals surface area contributed by atoms with Crippen molar-refractivity contribution < 1.29 is 14.5 Å². The van der Waals surface area contributed by atoms with Crippen LogP contribution in [-0.2, 0) is 4.79 Å². The third-order valence-corrected chi connectivity index (χ3v) is 4.44. The molecule has 0 aromatic heterocycles. The molecular formula is C21H26N4O4. The van der Waals surface area contributed by atoms with Gasteiger partial charge in [-0.15, -0.1) is 0 Å². The first-order chi connectivity index (χ1) is 13.7. The van der Waals surface area contributed by atoms with Gasteiger partial charge in [-0.05, 0) is 37.1 Å². The molecule has 154 valence electrons. The van der Waals surface area contributed by atoms with Crippen LogP contribution in [0.4, 0.5) is 17.1 Å². The Balaban J connectivity index is 2.22. The Morgan fingerprint density at radius 2 is 1.83 bits per heavy atom. The number of nitrogens with zero attached hydrogens (tertiary/aromatic N) is 3. The van der Waals surface area contributed by atoms with Gasteiger partial charge >= 0.3 is 0 Å². The lowest BCUT2D eigenvalue weighted by Gasteiger charge is -2.22. The molecule has 29 heavy (non-hydrogen) atoms. The fraction of sp³-hybridized carbons (Fsp3) is 0.333. The van der Waals surface area contributed by atoms with Crippen LogP contribution in [0.3, 0.4) is 0 Å². The molecular weight excluding hydrogens is 372 g/mol. The molecule has 0 aliphatic carbocycles. The highest BCUT2D eigenvalue weighted by Crippen LogP contribution is 2.28. The summed E-state index contributed by atoms with van der Waals surface area (Å²) >= 11 is 0. The third kappa shape index (κ3) is 5.54. The van der Waals surface area contributed by atoms with Gasteiger partial charge in [0.05, 0.1) is 4.92 Å². The number of anilines is 2. The molecule has 0 fully saturated rings. The number of para-hydroxylation sites is 1. The monoisotopic (exact) mass is 398 g/mol. The van der Waals surface area contributed by atoms with Crippen molar-refractivity contribution in [2.45, 2.75) is 20.3 Å². The van der Waals surface area contributed by atoms with E-state index in [9.17, 15) is 19.7 Å². The molecule has 0 saturated carbocycles. The second kappa shape index (κ2) is 9.68. The van der Waals surface area contributed by atoms with E-state index in [-0.39, 0.29) is 23.7 Å². The standard InChI is InChI=1S/C21H26N4O4/c1-5-12-24(14-20(26)22-17-9-7-6-8-15(17)2)21(27)16-10-11-18(23(3)4)19(13-16)25(28)29/h6-11,13H,5,12,14H2,1-4H3,(H,22,26). The topological polar surface area (TPSA) is 95.8 Å². The van der Waals surface area contributed by atoms with E-state index in [1.165, 1.54) is 11.0 Å². The minimum Gasteiger partial charge on any atom is -0.372 e. The van der Waals surface area contributed by atoms with E-state index >= 15 is 0 Å². The Morgan fingerprint density at radius 3 is 2.41 bits per heavy atom. The fourth-order valence-corrected chi connectivity index (χ4v) is 2.96. The lowest BCUT2D eigenvalue weighted by molar-refractivity contribution is -0.384. The molecule has 0 saturated heterocycles. The van der Waals surface area contributed by atoms with Gasteiger partial charge in [-0.2, -0.15) is 0 Å². The maximum atomic E-state index is 13.0. The van der Waals surface area contributed by atoms with Gasteiger partial charge in [0, 0.05) is 38.0 Å². The normalized spacial score (nSPS) is 10.3. The molecule has 0 aliphatic heterocycles. The summed E-state index contributed by atoms with van der Waals surface area (Å²) in [6, 6.07) is 11.7. The summed E-state index contributed by atoms with van der Waals surface area (Å²) < 4.78 is 0. The number of nitrogens with one attached hydrogen (secondary N) is 1. The Kier molecular flexibility index (Phi) is 7.30. The third-order valence-electron chi connectivity index (χ3n) is 4.44. The second-order valence-corrected chi connectivity index (χ2v) is 6.94. The summed E-state index contributed by atoms with van der Waals surface area (Å²) in [5.74, 6) is -0.735. The number of rotatable bonds is 8. The maximum Gasteiger partial charge on any atom is 0.293 e. The first-order valence-electron chi connectivity index (χ1n) is 9.35. The van der Waals surface area contributed by atoms with Gasteiger partial charge in [0.25, 0.3) is 11.6 Å². The van der Waals surface area contributed by atoms with E-state index in [4.69, 9.17) is 0 Å². The summed E-state index contributed by atoms with van der Waals surface area (Å²) in [6.45, 7) is 4.01. The van der Waals surface area contributed by atoms with Gasteiger partial charge in [0.15, 0.2) is 0 Å². The van der Waals surface area contributed by atoms with Crippen LogP contribution in [0, 0.1) is 17.0 Å². The van der Waals surface area contributed by atoms with Gasteiger partial charge in [-0.3, -0.25) is 19.7 Å². The highest BCUT2D eigenvalue weighted by atomic mass is 16.6. The molecule has 0 spiro atoms. The van der Waals surface area contributed by atoms with E-state index in [0.29, 0.717) is 24.3 Å². The number of carbonyl (C=O) groups excluding carboxylic acids is 2. The Bertz CT molecular complexity index is 911. The molecule has 1 N–H and O–H groups in total. The molecule has 8 heteroatoms. The number of nitro benzene ring substituents is 1. The molecule has 2 aromatic rings. The zero-order valence-electron chi connectivity index (χ0n) is 17.1. The number of hydrogen-bond acceptors (Lipinski definition) is 5. The van der Waals surface area contributed by atoms with Crippen LogP contribution in [0.2, 0.25) is 0 Å². The van der Waals surface area contributed by atoms with E-state index in [1.54, 1.807) is 37.2 Å². The molecule has 0 heterocycles. The number of nitro groups is 1. The van der Waals surface area contributed by atoms with Crippen LogP contribution in [0.25, 0.3) is 0 Å². The molecule has 8 nitrogen and oxygen atoms in total. The zero-order chi connectivity index (χ0) is 21.6. The van der Waals surface area contributed by atoms with Crippen LogP contribution >= 0.6 is 0 Å². The van der Waals surface area contributed by atoms with Gasteiger partial charge < -0.3 is 15.1 Å². The first-order valence-corrected chi connectivity index (χ1v) is 9.35. The van der Waals surface area contributed by atoms with Crippen LogP contribution in [0.1, 0.15) is 29.3 Å². The number of aryl methyl sites for hydroxylation is 1. The van der Waals surface area contributed by atoms with Crippen molar-refractivity contribution in [1.82, 2.24) is 4.90 Å². The van der Waals surface area contributed by atoms with E-state index in [1.807, 2.05) is 32.0 Å². The van der Waals surface area contributed by atoms with Crippen molar-refractivity contribution in [1.29, 1.82) is 0 Å². The lowest BCUT2D eigenvalue weighted by Crippen LogP contribution is -2.38. The fourth-order valence-electron chi connectivity index (χ4n) is 2.96. The molecule has 0 radical (unpaired) electrons. The molecule has 0 atom stereocenters. The SMILES string of the molecule is CCCN(CC(=O)Nc1ccccc1C)C(=O)c1ccc(N(C)C)c([N+](=O)[O-])c1. The van der Waals surface area contributed by atoms with Gasteiger partial charge in [-0.25, -0.2) is 0 Å². The maximum absolute atomic E-state index is 13.0. The van der Waals surface area contributed by atoms with Crippen molar-refractivity contribution in [3.8, 4) is 0 Å². The number of carbonyl (C=O) groups is 2. The first kappa shape index (κ1) is 21.9. The van der Waals surface area contributed by atoms with Gasteiger partial charge in [-0.1, -0.05) is 25.1 Å². The molecule has 2 amide bonds. The van der Waals surface area contributed by atoms with Gasteiger partial charge in [0.2, 0.25) is 5.91 Å². The van der Waals surface area contributed by atoms with Crippen molar-refractivity contribution in [2.75, 3.05) is 37.4 Å². The Hall–Kier alpha value is -3.42. The average molecular weight is 398 g/mol. The summed E-state index contributed by atoms with van der Waals surface area (Å²) in [5, 5.41) is 14.2. The van der Waals surface area contributed by atoms with Crippen molar-refractivity contribution >= 4 is 28.9 Å². The molecule has 2 aromatic carbocycles. The smallest absolute Gasteiger partial charge is 0.293 e. The highest BCUT2D eigenvalue weighted by Gasteiger charge is 2.23. The predicted octanol–water partition coefficient (Wildman–Crippen LogP) is 3.46. The molecule has 2 rings (SSSR count). The molecule has 0 unspecified atom stereocenters. The predicted molar refractivity (Wildman–Crippen MR) is 113 cm³/mol. The van der Waals surface area contributed by atoms with E-state index in [0.717, 1.165) is 5.56 Å². The average Bonchev–Trinajstić information content (AvgIpc) is 2.68. The number of amides is 2. The zero-order valence-corrected chi connectivity index (χ0v) is 17.1. The van der Waals surface area contributed by atoms with Crippen molar-refractivity contribution in [3.63, 3.8) is 0 Å². The molecule has 0 aliphatic rings. The van der Waals surface area contributed by atoms with Crippen molar-refractivity contribution in [3.05, 3.63) is 63.7 Å². The number of benzene rings is 2. The Morgan fingerprint density at radius 1 is 1.14 bits per heavy atom. The van der Waals surface area contributed by atoms with Gasteiger partial charge in [0.1, 0.15) is 12.2 Å². The van der Waals surface area contributed by atoms with Crippen molar-refractivity contribution in [2.24, 2.45) is 0 Å². The lowest BCUT2D eigenvalue weighted by atomic mass is 10.1. The minimum absolute atomic E-state index is 0.135. The van der Waals surface area contributed by atoms with E-state index in [2.05, 4.69) is 5.32 Å². The highest BCUT2D eigenvalue weighted by molar-refractivity contribution is 6.00. The largest absolute Gasteiger partial charge is 0.372 e. The summed E-state index contributed by atoms with van der Waals surface area (Å²) in [6.07, 6.45) is 0.654. The van der Waals surface area contributed by atoms with E-state index < -0.39 is 10.8 Å². The summed E-state index contributed by atoms with van der Waals surface area (Å²) in [4.78, 5) is 39.3. The van der Waals surface area contributed by atoms with Crippen LogP contribution < -0.4 is 10.2 Å². The molecule has 0 bridgehead atoms. The minimum atomic E-state index is -0.513. The summed E-state index contributed by atoms with van der Waals surface area (Å²) in [7, 11) is 3.40. The second-order valence-electron chi connectivity index (χ2n) is 6.94. The van der Waals surface area contributed by atoms with Crippen LogP contribution in [0.5, 0.6) is 0 Å². The van der Waals surface area contributed by atoms with Crippen LogP contribution in [-0.4, -0.2) is 48.8 Å². The number of hydrogen-bond donors (Lipinski definition) is 1.